The van der Waals surface area contributed by atoms with Crippen LogP contribution in [0.25, 0.3) is 0 Å². The van der Waals surface area contributed by atoms with Crippen LogP contribution < -0.4 is 0 Å². The van der Waals surface area contributed by atoms with Crippen LogP contribution >= 0.6 is 0 Å². The number of piperidine rings is 1. The third kappa shape index (κ3) is 5.08. The van der Waals surface area contributed by atoms with E-state index in [1.807, 2.05) is 11.0 Å². The Kier molecular flexibility index (Phi) is 6.63. The number of carboxylic acids is 1. The summed E-state index contributed by atoms with van der Waals surface area (Å²) in [6.07, 6.45) is 3.96. The van der Waals surface area contributed by atoms with E-state index in [0.717, 1.165) is 25.9 Å². The standard InChI is InChI=1S/C19H27NO3/c1-2-15-14-20(18(21)10-6-7-11-19(22)23)13-12-17(15)16-8-4-3-5-9-16/h3-5,8-9,15,17H,2,6-7,10-14H2,1H3,(H,22,23). The molecule has 0 aromatic heterocycles. The largest absolute Gasteiger partial charge is 0.481 e. The van der Waals surface area contributed by atoms with E-state index in [9.17, 15) is 9.59 Å². The quantitative estimate of drug-likeness (QED) is 0.781. The van der Waals surface area contributed by atoms with Gasteiger partial charge < -0.3 is 10.0 Å². The van der Waals surface area contributed by atoms with Gasteiger partial charge in [0.15, 0.2) is 0 Å². The summed E-state index contributed by atoms with van der Waals surface area (Å²) in [7, 11) is 0. The number of aliphatic carboxylic acids is 1. The minimum absolute atomic E-state index is 0.154. The smallest absolute Gasteiger partial charge is 0.303 e. The van der Waals surface area contributed by atoms with Gasteiger partial charge in [-0.1, -0.05) is 43.7 Å². The van der Waals surface area contributed by atoms with Crippen LogP contribution in [0.1, 0.15) is 56.9 Å². The third-order valence-corrected chi connectivity index (χ3v) is 4.87. The molecular weight excluding hydrogens is 290 g/mol. The third-order valence-electron chi connectivity index (χ3n) is 4.87. The van der Waals surface area contributed by atoms with Crippen molar-refractivity contribution >= 4 is 11.9 Å². The van der Waals surface area contributed by atoms with Gasteiger partial charge in [0, 0.05) is 25.9 Å². The molecule has 0 saturated carbocycles. The van der Waals surface area contributed by atoms with Crippen molar-refractivity contribution in [3.63, 3.8) is 0 Å². The molecule has 4 heteroatoms. The average molecular weight is 317 g/mol. The molecule has 1 aromatic rings. The molecule has 1 aliphatic heterocycles. The maximum atomic E-state index is 12.3. The Labute approximate surface area is 138 Å². The molecule has 0 radical (unpaired) electrons. The lowest BCUT2D eigenvalue weighted by Gasteiger charge is -2.38. The summed E-state index contributed by atoms with van der Waals surface area (Å²) >= 11 is 0. The van der Waals surface area contributed by atoms with Crippen molar-refractivity contribution < 1.29 is 14.7 Å². The van der Waals surface area contributed by atoms with Gasteiger partial charge in [0.25, 0.3) is 0 Å². The molecule has 4 nitrogen and oxygen atoms in total. The minimum atomic E-state index is -0.785. The first kappa shape index (κ1) is 17.5. The number of amides is 1. The van der Waals surface area contributed by atoms with Crippen LogP contribution in [-0.4, -0.2) is 35.0 Å². The molecule has 0 aliphatic carbocycles. The van der Waals surface area contributed by atoms with Crippen LogP contribution in [0.15, 0.2) is 30.3 Å². The van der Waals surface area contributed by atoms with Crippen LogP contribution in [0.5, 0.6) is 0 Å². The summed E-state index contributed by atoms with van der Waals surface area (Å²) in [5, 5.41) is 8.64. The van der Waals surface area contributed by atoms with Crippen molar-refractivity contribution in [3.05, 3.63) is 35.9 Å². The maximum absolute atomic E-state index is 12.3. The lowest BCUT2D eigenvalue weighted by atomic mass is 9.79. The second-order valence-corrected chi connectivity index (χ2v) is 6.41. The lowest BCUT2D eigenvalue weighted by Crippen LogP contribution is -2.42. The Balaban J connectivity index is 1.85. The van der Waals surface area contributed by atoms with Crippen molar-refractivity contribution in [3.8, 4) is 0 Å². The second-order valence-electron chi connectivity index (χ2n) is 6.41. The van der Waals surface area contributed by atoms with Gasteiger partial charge in [-0.15, -0.1) is 0 Å². The van der Waals surface area contributed by atoms with Gasteiger partial charge in [-0.2, -0.15) is 0 Å². The number of benzene rings is 1. The zero-order valence-electron chi connectivity index (χ0n) is 13.9. The van der Waals surface area contributed by atoms with Crippen molar-refractivity contribution in [1.29, 1.82) is 0 Å². The molecule has 2 atom stereocenters. The lowest BCUT2D eigenvalue weighted by molar-refractivity contribution is -0.138. The summed E-state index contributed by atoms with van der Waals surface area (Å²) in [6, 6.07) is 10.6. The normalized spacial score (nSPS) is 21.2. The first-order chi connectivity index (χ1) is 11.1. The number of carbonyl (C=O) groups excluding carboxylic acids is 1. The van der Waals surface area contributed by atoms with Crippen molar-refractivity contribution in [2.75, 3.05) is 13.1 Å². The van der Waals surface area contributed by atoms with E-state index < -0.39 is 5.97 Å². The fraction of sp³-hybridized carbons (Fsp3) is 0.579. The Hall–Kier alpha value is -1.84. The minimum Gasteiger partial charge on any atom is -0.481 e. The van der Waals surface area contributed by atoms with Gasteiger partial charge in [0.1, 0.15) is 0 Å². The molecule has 0 bridgehead atoms. The highest BCUT2D eigenvalue weighted by molar-refractivity contribution is 5.76. The summed E-state index contributed by atoms with van der Waals surface area (Å²) in [6.45, 7) is 3.84. The Morgan fingerprint density at radius 3 is 2.52 bits per heavy atom. The van der Waals surface area contributed by atoms with Gasteiger partial charge in [-0.25, -0.2) is 0 Å². The molecule has 1 fully saturated rings. The van der Waals surface area contributed by atoms with Crippen molar-refractivity contribution in [1.82, 2.24) is 4.90 Å². The topological polar surface area (TPSA) is 57.6 Å². The van der Waals surface area contributed by atoms with Crippen LogP contribution in [0.4, 0.5) is 0 Å². The van der Waals surface area contributed by atoms with E-state index in [1.165, 1.54) is 5.56 Å². The van der Waals surface area contributed by atoms with Crippen molar-refractivity contribution in [2.24, 2.45) is 5.92 Å². The van der Waals surface area contributed by atoms with Crippen LogP contribution in [0, 0.1) is 5.92 Å². The van der Waals surface area contributed by atoms with E-state index in [4.69, 9.17) is 5.11 Å². The number of carboxylic acid groups (broad SMARTS) is 1. The number of carbonyl (C=O) groups is 2. The molecule has 1 heterocycles. The molecule has 126 valence electrons. The fourth-order valence-electron chi connectivity index (χ4n) is 3.52. The van der Waals surface area contributed by atoms with E-state index in [1.54, 1.807) is 0 Å². The highest BCUT2D eigenvalue weighted by Crippen LogP contribution is 2.35. The monoisotopic (exact) mass is 317 g/mol. The summed E-state index contributed by atoms with van der Waals surface area (Å²) in [5.41, 5.74) is 1.38. The van der Waals surface area contributed by atoms with Crippen LogP contribution in [-0.2, 0) is 9.59 Å². The highest BCUT2D eigenvalue weighted by Gasteiger charge is 2.30. The Bertz CT molecular complexity index is 515. The number of hydrogen-bond donors (Lipinski definition) is 1. The molecule has 1 N–H and O–H groups in total. The summed E-state index contributed by atoms with van der Waals surface area (Å²) < 4.78 is 0. The van der Waals surface area contributed by atoms with E-state index in [0.29, 0.717) is 31.1 Å². The molecule has 23 heavy (non-hydrogen) atoms. The molecule has 2 unspecified atom stereocenters. The van der Waals surface area contributed by atoms with E-state index in [-0.39, 0.29) is 12.3 Å². The van der Waals surface area contributed by atoms with Gasteiger partial charge in [0.05, 0.1) is 0 Å². The van der Waals surface area contributed by atoms with Crippen LogP contribution in [0.2, 0.25) is 0 Å². The molecular formula is C19H27NO3. The molecule has 1 aromatic carbocycles. The van der Waals surface area contributed by atoms with Crippen molar-refractivity contribution in [2.45, 2.75) is 51.4 Å². The molecule has 2 rings (SSSR count). The summed E-state index contributed by atoms with van der Waals surface area (Å²) in [4.78, 5) is 24.8. The van der Waals surface area contributed by atoms with Gasteiger partial charge in [-0.3, -0.25) is 9.59 Å². The fourth-order valence-corrected chi connectivity index (χ4v) is 3.52. The highest BCUT2D eigenvalue weighted by atomic mass is 16.4. The van der Waals surface area contributed by atoms with Gasteiger partial charge in [-0.05, 0) is 36.7 Å². The zero-order valence-corrected chi connectivity index (χ0v) is 13.9. The number of likely N-dealkylation sites (tertiary alicyclic amines) is 1. The molecule has 0 spiro atoms. The number of nitrogens with zero attached hydrogens (tertiary/aromatic N) is 1. The van der Waals surface area contributed by atoms with Gasteiger partial charge in [0.2, 0.25) is 5.91 Å². The Morgan fingerprint density at radius 1 is 1.17 bits per heavy atom. The summed E-state index contributed by atoms with van der Waals surface area (Å²) in [5.74, 6) is 0.443. The first-order valence-corrected chi connectivity index (χ1v) is 8.66. The Morgan fingerprint density at radius 2 is 1.87 bits per heavy atom. The maximum Gasteiger partial charge on any atom is 0.303 e. The number of unbranched alkanes of at least 4 members (excludes halogenated alkanes) is 1. The predicted octanol–water partition coefficient (Wildman–Crippen LogP) is 3.67. The molecule has 1 aliphatic rings. The van der Waals surface area contributed by atoms with Crippen LogP contribution in [0.3, 0.4) is 0 Å². The zero-order chi connectivity index (χ0) is 16.7. The second kappa shape index (κ2) is 8.70. The first-order valence-electron chi connectivity index (χ1n) is 8.66. The van der Waals surface area contributed by atoms with E-state index in [2.05, 4.69) is 31.2 Å². The van der Waals surface area contributed by atoms with E-state index >= 15 is 0 Å². The SMILES string of the molecule is CCC1CN(C(=O)CCCCC(=O)O)CCC1c1ccccc1. The molecule has 1 amide bonds. The number of hydrogen-bond acceptors (Lipinski definition) is 2. The predicted molar refractivity (Wildman–Crippen MR) is 90.3 cm³/mol. The van der Waals surface area contributed by atoms with Gasteiger partial charge >= 0.3 is 5.97 Å². The average Bonchev–Trinajstić information content (AvgIpc) is 2.58. The number of rotatable bonds is 7. The molecule has 1 saturated heterocycles.